The van der Waals surface area contributed by atoms with E-state index in [0.29, 0.717) is 5.95 Å². The van der Waals surface area contributed by atoms with Gasteiger partial charge in [0.25, 0.3) is 0 Å². The molecule has 30 heavy (non-hydrogen) atoms. The summed E-state index contributed by atoms with van der Waals surface area (Å²) in [7, 11) is 1.65. The van der Waals surface area contributed by atoms with E-state index in [-0.39, 0.29) is 5.92 Å². The van der Waals surface area contributed by atoms with Crippen LogP contribution in [0.15, 0.2) is 30.4 Å². The zero-order valence-corrected chi connectivity index (χ0v) is 17.6. The van der Waals surface area contributed by atoms with Crippen molar-refractivity contribution in [1.82, 2.24) is 9.97 Å². The number of benzene rings is 1. The second-order valence-corrected chi connectivity index (χ2v) is 7.55. The van der Waals surface area contributed by atoms with Crippen LogP contribution in [-0.4, -0.2) is 28.2 Å². The van der Waals surface area contributed by atoms with Gasteiger partial charge in [-0.05, 0) is 54.7 Å². The molecule has 1 heterocycles. The third-order valence-electron chi connectivity index (χ3n) is 5.36. The van der Waals surface area contributed by atoms with Crippen LogP contribution in [0.5, 0.6) is 5.75 Å². The van der Waals surface area contributed by atoms with E-state index in [1.807, 2.05) is 24.3 Å². The molecule has 0 radical (unpaired) electrons. The van der Waals surface area contributed by atoms with Gasteiger partial charge in [0.05, 0.1) is 18.5 Å². The van der Waals surface area contributed by atoms with Crippen molar-refractivity contribution in [2.75, 3.05) is 12.8 Å². The molecule has 0 bridgehead atoms. The van der Waals surface area contributed by atoms with Gasteiger partial charge in [-0.2, -0.15) is 0 Å². The van der Waals surface area contributed by atoms with E-state index in [4.69, 9.17) is 15.6 Å². The molecule has 1 atom stereocenters. The summed E-state index contributed by atoms with van der Waals surface area (Å²) in [6.45, 7) is 2.20. The minimum Gasteiger partial charge on any atom is -0.496 e. The maximum Gasteiger partial charge on any atom is 0.328 e. The van der Waals surface area contributed by atoms with E-state index in [1.165, 1.54) is 19.3 Å². The number of rotatable bonds is 10. The summed E-state index contributed by atoms with van der Waals surface area (Å²) in [4.78, 5) is 19.8. The monoisotopic (exact) mass is 407 g/mol. The minimum atomic E-state index is -0.970. The highest BCUT2D eigenvalue weighted by atomic mass is 16.5. The molecule has 0 aliphatic heterocycles. The van der Waals surface area contributed by atoms with Crippen LogP contribution in [0, 0.1) is 0 Å². The summed E-state index contributed by atoms with van der Waals surface area (Å²) < 4.78 is 5.55. The molecule has 0 saturated heterocycles. The lowest BCUT2D eigenvalue weighted by atomic mass is 9.91. The first-order valence-electron chi connectivity index (χ1n) is 10.4. The van der Waals surface area contributed by atoms with Crippen molar-refractivity contribution in [3.05, 3.63) is 58.4 Å². The minimum absolute atomic E-state index is 0.134. The van der Waals surface area contributed by atoms with E-state index in [0.717, 1.165) is 59.2 Å². The van der Waals surface area contributed by atoms with Crippen LogP contribution in [0.25, 0.3) is 12.2 Å². The number of nitrogens with zero attached hydrogens (tertiary/aromatic N) is 2. The van der Waals surface area contributed by atoms with Gasteiger partial charge in [-0.15, -0.1) is 0 Å². The topological polar surface area (TPSA) is 98.3 Å². The van der Waals surface area contributed by atoms with Crippen molar-refractivity contribution in [2.45, 2.75) is 51.4 Å². The van der Waals surface area contributed by atoms with Crippen LogP contribution >= 0.6 is 0 Å². The quantitative estimate of drug-likeness (QED) is 0.440. The largest absolute Gasteiger partial charge is 0.496 e. The van der Waals surface area contributed by atoms with Crippen molar-refractivity contribution in [3.8, 4) is 5.75 Å². The van der Waals surface area contributed by atoms with Gasteiger partial charge < -0.3 is 15.6 Å². The Kier molecular flexibility index (Phi) is 7.22. The molecule has 1 aromatic heterocycles. The Balaban J connectivity index is 1.87. The van der Waals surface area contributed by atoms with E-state index < -0.39 is 5.97 Å². The molecule has 0 amide bonds. The molecule has 0 fully saturated rings. The van der Waals surface area contributed by atoms with Crippen LogP contribution in [0.3, 0.4) is 0 Å². The van der Waals surface area contributed by atoms with Crippen molar-refractivity contribution in [3.63, 3.8) is 0 Å². The zero-order valence-electron chi connectivity index (χ0n) is 17.6. The number of nitrogen functional groups attached to an aromatic ring is 1. The lowest BCUT2D eigenvalue weighted by Crippen LogP contribution is -2.10. The van der Waals surface area contributed by atoms with Crippen molar-refractivity contribution >= 4 is 24.1 Å². The number of unbranched alkanes of at least 4 members (excludes halogenated alkanes) is 3. The first-order valence-corrected chi connectivity index (χ1v) is 10.4. The zero-order chi connectivity index (χ0) is 21.5. The molecular weight excluding hydrogens is 378 g/mol. The number of carboxylic acid groups (broad SMARTS) is 1. The van der Waals surface area contributed by atoms with Crippen LogP contribution in [-0.2, 0) is 17.6 Å². The van der Waals surface area contributed by atoms with Gasteiger partial charge in [0.2, 0.25) is 5.95 Å². The summed E-state index contributed by atoms with van der Waals surface area (Å²) >= 11 is 0. The van der Waals surface area contributed by atoms with Gasteiger partial charge in [-0.25, -0.2) is 14.8 Å². The number of aliphatic carboxylic acids is 1. The highest BCUT2D eigenvalue weighted by Gasteiger charge is 2.25. The SMILES string of the molecule is CCCCCCc1nc(N)nc2c1C(Cc1cc(/C=C/C(=O)O)ccc1OC)C=C2. The fourth-order valence-electron chi connectivity index (χ4n) is 3.94. The maximum absolute atomic E-state index is 10.8. The lowest BCUT2D eigenvalue weighted by Gasteiger charge is -2.17. The molecule has 6 nitrogen and oxygen atoms in total. The highest BCUT2D eigenvalue weighted by molar-refractivity contribution is 5.85. The summed E-state index contributed by atoms with van der Waals surface area (Å²) in [5.41, 5.74) is 10.9. The van der Waals surface area contributed by atoms with Crippen molar-refractivity contribution in [1.29, 1.82) is 0 Å². The Labute approximate surface area is 177 Å². The second-order valence-electron chi connectivity index (χ2n) is 7.55. The Morgan fingerprint density at radius 2 is 2.10 bits per heavy atom. The predicted octanol–water partition coefficient (Wildman–Crippen LogP) is 4.64. The normalized spacial score (nSPS) is 14.9. The molecule has 1 aliphatic carbocycles. The van der Waals surface area contributed by atoms with Gasteiger partial charge in [0, 0.05) is 17.6 Å². The summed E-state index contributed by atoms with van der Waals surface area (Å²) in [5.74, 6) is 0.268. The number of carboxylic acids is 1. The third kappa shape index (κ3) is 5.26. The van der Waals surface area contributed by atoms with Gasteiger partial charge in [0.15, 0.2) is 0 Å². The molecule has 2 aromatic rings. The lowest BCUT2D eigenvalue weighted by molar-refractivity contribution is -0.131. The number of aromatic nitrogens is 2. The molecule has 1 aromatic carbocycles. The standard InChI is InChI=1S/C24H29N3O3/c1-3-4-5-6-7-19-23-17(10-11-20(23)27-24(25)26-19)15-18-14-16(9-13-22(28)29)8-12-21(18)30-2/h8-14,17H,3-7,15H2,1-2H3,(H,28,29)(H2,25,26,27)/b13-9+. The van der Waals surface area contributed by atoms with Gasteiger partial charge in [-0.3, -0.25) is 0 Å². The van der Waals surface area contributed by atoms with Crippen LogP contribution in [0.2, 0.25) is 0 Å². The number of ether oxygens (including phenoxy) is 1. The number of hydrogen-bond donors (Lipinski definition) is 2. The Morgan fingerprint density at radius 3 is 2.83 bits per heavy atom. The molecule has 1 unspecified atom stereocenters. The van der Waals surface area contributed by atoms with E-state index in [1.54, 1.807) is 13.2 Å². The number of fused-ring (bicyclic) bond motifs is 1. The number of anilines is 1. The highest BCUT2D eigenvalue weighted by Crippen LogP contribution is 2.37. The summed E-state index contributed by atoms with van der Waals surface area (Å²) in [6, 6.07) is 5.70. The maximum atomic E-state index is 10.8. The average Bonchev–Trinajstić information content (AvgIpc) is 3.12. The number of carbonyl (C=O) groups is 1. The van der Waals surface area contributed by atoms with E-state index >= 15 is 0 Å². The molecule has 0 saturated carbocycles. The number of nitrogens with two attached hydrogens (primary N) is 1. The smallest absolute Gasteiger partial charge is 0.328 e. The molecule has 0 spiro atoms. The van der Waals surface area contributed by atoms with Crippen molar-refractivity contribution in [2.24, 2.45) is 0 Å². The van der Waals surface area contributed by atoms with Crippen LogP contribution in [0.1, 0.15) is 66.6 Å². The number of hydrogen-bond acceptors (Lipinski definition) is 5. The number of aryl methyl sites for hydroxylation is 1. The molecule has 1 aliphatic rings. The Morgan fingerprint density at radius 1 is 1.27 bits per heavy atom. The first kappa shape index (κ1) is 21.6. The predicted molar refractivity (Wildman–Crippen MR) is 119 cm³/mol. The first-order chi connectivity index (χ1) is 14.5. The van der Waals surface area contributed by atoms with Crippen LogP contribution in [0.4, 0.5) is 5.95 Å². The van der Waals surface area contributed by atoms with E-state index in [2.05, 4.69) is 23.0 Å². The van der Waals surface area contributed by atoms with Gasteiger partial charge in [0.1, 0.15) is 5.75 Å². The average molecular weight is 408 g/mol. The number of allylic oxidation sites excluding steroid dienone is 1. The number of methoxy groups -OCH3 is 1. The fourth-order valence-corrected chi connectivity index (χ4v) is 3.94. The summed E-state index contributed by atoms with van der Waals surface area (Å²) in [6.07, 6.45) is 13.2. The fraction of sp³-hybridized carbons (Fsp3) is 0.375. The Hall–Kier alpha value is -3.15. The Bertz CT molecular complexity index is 966. The van der Waals surface area contributed by atoms with Crippen molar-refractivity contribution < 1.29 is 14.6 Å². The molecular formula is C24H29N3O3. The third-order valence-corrected chi connectivity index (χ3v) is 5.36. The van der Waals surface area contributed by atoms with Crippen LogP contribution < -0.4 is 10.5 Å². The van der Waals surface area contributed by atoms with Gasteiger partial charge in [-0.1, -0.05) is 38.3 Å². The molecule has 6 heteroatoms. The molecule has 3 N–H and O–H groups in total. The molecule has 3 rings (SSSR count). The summed E-state index contributed by atoms with van der Waals surface area (Å²) in [5, 5.41) is 8.90. The second kappa shape index (κ2) is 10.1. The molecule has 158 valence electrons. The van der Waals surface area contributed by atoms with E-state index in [9.17, 15) is 4.79 Å². The van der Waals surface area contributed by atoms with Gasteiger partial charge >= 0.3 is 5.97 Å².